The maximum Gasteiger partial charge on any atom is 0.227 e. The van der Waals surface area contributed by atoms with Gasteiger partial charge in [-0.2, -0.15) is 0 Å². The van der Waals surface area contributed by atoms with Crippen LogP contribution >= 0.6 is 11.3 Å². The largest absolute Gasteiger partial charge is 0.312 e. The van der Waals surface area contributed by atoms with E-state index < -0.39 is 0 Å². The Labute approximate surface area is 164 Å². The predicted molar refractivity (Wildman–Crippen MR) is 108 cm³/mol. The van der Waals surface area contributed by atoms with Gasteiger partial charge in [0.15, 0.2) is 0 Å². The van der Waals surface area contributed by atoms with Gasteiger partial charge in [-0.05, 0) is 29.5 Å². The number of carbonyl (C=O) groups excluding carboxylic acids is 2. The van der Waals surface area contributed by atoms with E-state index in [0.717, 1.165) is 17.1 Å². The molecule has 0 bridgehead atoms. The smallest absolute Gasteiger partial charge is 0.227 e. The topological polar surface area (TPSA) is 75.2 Å². The van der Waals surface area contributed by atoms with Gasteiger partial charge in [0.2, 0.25) is 16.9 Å². The Balaban J connectivity index is 1.65. The highest BCUT2D eigenvalue weighted by molar-refractivity contribution is 7.15. The molecule has 0 aliphatic carbocycles. The number of amides is 2. The number of aromatic nitrogens is 2. The molecule has 1 atom stereocenters. The second-order valence-corrected chi connectivity index (χ2v) is 9.17. The molecule has 0 radical (unpaired) electrons. The van der Waals surface area contributed by atoms with Crippen LogP contribution in [0.2, 0.25) is 0 Å². The van der Waals surface area contributed by atoms with Crippen LogP contribution in [0.25, 0.3) is 0 Å². The van der Waals surface area contributed by atoms with Crippen molar-refractivity contribution in [3.05, 3.63) is 34.8 Å². The number of hydrogen-bond acceptors (Lipinski definition) is 5. The first kappa shape index (κ1) is 19.5. The first-order valence-electron chi connectivity index (χ1n) is 9.28. The first-order chi connectivity index (χ1) is 12.7. The third kappa shape index (κ3) is 4.91. The molecular formula is C20H26N4O2S. The van der Waals surface area contributed by atoms with Gasteiger partial charge in [0, 0.05) is 31.0 Å². The van der Waals surface area contributed by atoms with E-state index in [1.807, 2.05) is 37.8 Å². The van der Waals surface area contributed by atoms with E-state index >= 15 is 0 Å². The zero-order valence-electron chi connectivity index (χ0n) is 16.3. The molecule has 0 unspecified atom stereocenters. The molecule has 0 spiro atoms. The van der Waals surface area contributed by atoms with Crippen LogP contribution in [0.3, 0.4) is 0 Å². The predicted octanol–water partition coefficient (Wildman–Crippen LogP) is 4.00. The van der Waals surface area contributed by atoms with Gasteiger partial charge in [0.25, 0.3) is 0 Å². The van der Waals surface area contributed by atoms with E-state index in [4.69, 9.17) is 0 Å². The second-order valence-electron chi connectivity index (χ2n) is 8.16. The number of carbonyl (C=O) groups is 2. The highest BCUT2D eigenvalue weighted by atomic mass is 32.1. The minimum Gasteiger partial charge on any atom is -0.312 e. The molecule has 7 heteroatoms. The SMILES string of the molecule is CCc1ccc(N2C[C@@H](c3nnc(NC(=O)CC(C)(C)C)s3)CC2=O)cc1. The Morgan fingerprint density at radius 3 is 2.59 bits per heavy atom. The average Bonchev–Trinajstić information content (AvgIpc) is 3.20. The van der Waals surface area contributed by atoms with Gasteiger partial charge < -0.3 is 10.2 Å². The summed E-state index contributed by atoms with van der Waals surface area (Å²) in [7, 11) is 0. The van der Waals surface area contributed by atoms with Crippen LogP contribution in [-0.4, -0.2) is 28.6 Å². The minimum absolute atomic E-state index is 0.00844. The van der Waals surface area contributed by atoms with E-state index in [1.54, 1.807) is 0 Å². The Bertz CT molecular complexity index is 823. The van der Waals surface area contributed by atoms with Crippen LogP contribution in [0.1, 0.15) is 57.0 Å². The average molecular weight is 387 g/mol. The molecular weight excluding hydrogens is 360 g/mol. The Kier molecular flexibility index (Phi) is 5.60. The van der Waals surface area contributed by atoms with Crippen LogP contribution in [0.4, 0.5) is 10.8 Å². The zero-order valence-corrected chi connectivity index (χ0v) is 17.1. The minimum atomic E-state index is -0.0801. The third-order valence-corrected chi connectivity index (χ3v) is 5.51. The lowest BCUT2D eigenvalue weighted by Crippen LogP contribution is -2.24. The number of hydrogen-bond donors (Lipinski definition) is 1. The molecule has 3 rings (SSSR count). The van der Waals surface area contributed by atoms with Gasteiger partial charge in [-0.3, -0.25) is 9.59 Å². The third-order valence-electron chi connectivity index (χ3n) is 4.51. The Hall–Kier alpha value is -2.28. The molecule has 2 aromatic rings. The summed E-state index contributed by atoms with van der Waals surface area (Å²) in [6.07, 6.45) is 1.82. The molecule has 1 N–H and O–H groups in total. The van der Waals surface area contributed by atoms with Crippen molar-refractivity contribution in [2.45, 2.75) is 52.9 Å². The summed E-state index contributed by atoms with van der Waals surface area (Å²) >= 11 is 1.36. The number of benzene rings is 1. The number of aryl methyl sites for hydroxylation is 1. The van der Waals surface area contributed by atoms with Crippen LogP contribution in [0.15, 0.2) is 24.3 Å². The highest BCUT2D eigenvalue weighted by Crippen LogP contribution is 2.34. The molecule has 1 aliphatic heterocycles. The fraction of sp³-hybridized carbons (Fsp3) is 0.500. The number of nitrogens with zero attached hydrogens (tertiary/aromatic N) is 3. The lowest BCUT2D eigenvalue weighted by Gasteiger charge is -2.16. The van der Waals surface area contributed by atoms with Crippen molar-refractivity contribution in [3.63, 3.8) is 0 Å². The number of nitrogens with one attached hydrogen (secondary N) is 1. The summed E-state index contributed by atoms with van der Waals surface area (Å²) in [5.41, 5.74) is 2.09. The summed E-state index contributed by atoms with van der Waals surface area (Å²) in [6.45, 7) is 8.76. The van der Waals surface area contributed by atoms with Crippen LogP contribution in [0, 0.1) is 5.41 Å². The van der Waals surface area contributed by atoms with Gasteiger partial charge in [-0.1, -0.05) is 51.2 Å². The standard InChI is InChI=1S/C20H26N4O2S/c1-5-13-6-8-15(9-7-13)24-12-14(10-17(24)26)18-22-23-19(27-18)21-16(25)11-20(2,3)4/h6-9,14H,5,10-12H2,1-4H3,(H,21,23,25)/t14-/m0/s1. The normalized spacial score (nSPS) is 17.4. The molecule has 1 aliphatic rings. The molecule has 1 aromatic heterocycles. The van der Waals surface area contributed by atoms with Crippen molar-refractivity contribution >= 4 is 34.0 Å². The molecule has 144 valence electrons. The Morgan fingerprint density at radius 2 is 1.96 bits per heavy atom. The quantitative estimate of drug-likeness (QED) is 0.843. The van der Waals surface area contributed by atoms with Gasteiger partial charge in [0.05, 0.1) is 0 Å². The molecule has 1 aromatic carbocycles. The first-order valence-corrected chi connectivity index (χ1v) is 10.1. The summed E-state index contributed by atoms with van der Waals surface area (Å²) in [4.78, 5) is 26.3. The summed E-state index contributed by atoms with van der Waals surface area (Å²) < 4.78 is 0. The van der Waals surface area contributed by atoms with E-state index in [9.17, 15) is 9.59 Å². The maximum absolute atomic E-state index is 12.5. The van der Waals surface area contributed by atoms with Gasteiger partial charge >= 0.3 is 0 Å². The fourth-order valence-corrected chi connectivity index (χ4v) is 3.98. The van der Waals surface area contributed by atoms with Crippen molar-refractivity contribution in [2.24, 2.45) is 5.41 Å². The molecule has 6 nitrogen and oxygen atoms in total. The Morgan fingerprint density at radius 1 is 1.26 bits per heavy atom. The second kappa shape index (κ2) is 7.76. The number of anilines is 2. The van der Waals surface area contributed by atoms with Gasteiger partial charge in [-0.25, -0.2) is 0 Å². The van der Waals surface area contributed by atoms with E-state index in [0.29, 0.717) is 24.5 Å². The molecule has 0 saturated carbocycles. The molecule has 2 heterocycles. The fourth-order valence-electron chi connectivity index (χ4n) is 3.13. The van der Waals surface area contributed by atoms with Gasteiger partial charge in [0.1, 0.15) is 5.01 Å². The van der Waals surface area contributed by atoms with Crippen molar-refractivity contribution in [1.29, 1.82) is 0 Å². The molecule has 2 amide bonds. The molecule has 27 heavy (non-hydrogen) atoms. The zero-order chi connectivity index (χ0) is 19.6. The van der Waals surface area contributed by atoms with E-state index in [1.165, 1.54) is 16.9 Å². The lowest BCUT2D eigenvalue weighted by molar-refractivity contribution is -0.118. The van der Waals surface area contributed by atoms with Crippen molar-refractivity contribution in [3.8, 4) is 0 Å². The lowest BCUT2D eigenvalue weighted by atomic mass is 9.92. The van der Waals surface area contributed by atoms with Gasteiger partial charge in [-0.15, -0.1) is 10.2 Å². The van der Waals surface area contributed by atoms with Crippen LogP contribution in [0.5, 0.6) is 0 Å². The van der Waals surface area contributed by atoms with Crippen molar-refractivity contribution < 1.29 is 9.59 Å². The molecule has 1 saturated heterocycles. The van der Waals surface area contributed by atoms with Crippen LogP contribution < -0.4 is 10.2 Å². The van der Waals surface area contributed by atoms with E-state index in [2.05, 4.69) is 34.6 Å². The monoisotopic (exact) mass is 386 g/mol. The van der Waals surface area contributed by atoms with Crippen molar-refractivity contribution in [2.75, 3.05) is 16.8 Å². The molecule has 1 fully saturated rings. The summed E-state index contributed by atoms with van der Waals surface area (Å²) in [5.74, 6) is 0.0391. The summed E-state index contributed by atoms with van der Waals surface area (Å²) in [6, 6.07) is 8.11. The van der Waals surface area contributed by atoms with Crippen LogP contribution in [-0.2, 0) is 16.0 Å². The maximum atomic E-state index is 12.5. The summed E-state index contributed by atoms with van der Waals surface area (Å²) in [5, 5.41) is 12.4. The number of rotatable bonds is 5. The highest BCUT2D eigenvalue weighted by Gasteiger charge is 2.34. The van der Waals surface area contributed by atoms with E-state index in [-0.39, 0.29) is 23.1 Å². The van der Waals surface area contributed by atoms with Crippen molar-refractivity contribution in [1.82, 2.24) is 10.2 Å².